The lowest BCUT2D eigenvalue weighted by atomic mass is 10.2. The second-order valence-electron chi connectivity index (χ2n) is 6.64. The molecule has 3 rings (SSSR count). The van der Waals surface area contributed by atoms with Crippen LogP contribution in [0.15, 0.2) is 71.8 Å². The van der Waals surface area contributed by atoms with Crippen LogP contribution in [0.1, 0.15) is 18.1 Å². The summed E-state index contributed by atoms with van der Waals surface area (Å²) in [5.74, 6) is -1.28. The Bertz CT molecular complexity index is 1130. The van der Waals surface area contributed by atoms with Crippen molar-refractivity contribution in [2.45, 2.75) is 13.5 Å². The number of nitrogens with one attached hydrogen (secondary N) is 2. The first kappa shape index (κ1) is 23.7. The van der Waals surface area contributed by atoms with Gasteiger partial charge in [0.25, 0.3) is 0 Å². The van der Waals surface area contributed by atoms with E-state index in [1.165, 1.54) is 18.3 Å². The Hall–Kier alpha value is -3.91. The highest BCUT2D eigenvalue weighted by molar-refractivity contribution is 6.39. The summed E-state index contributed by atoms with van der Waals surface area (Å²) in [5.41, 5.74) is 3.47. The zero-order chi connectivity index (χ0) is 23.6. The number of hydrogen-bond acceptors (Lipinski definition) is 5. The number of amides is 2. The second kappa shape index (κ2) is 11.6. The number of hydrogen-bond donors (Lipinski definition) is 2. The van der Waals surface area contributed by atoms with Crippen molar-refractivity contribution in [3.05, 3.63) is 88.7 Å². The molecular weight excluding hydrogens is 449 g/mol. The SMILES string of the molecule is CCOc1ccccc1NC(=O)C(=O)N/N=C/c1ccc(OCc2c(F)cccc2Cl)cc1. The van der Waals surface area contributed by atoms with E-state index in [0.717, 1.165) is 0 Å². The van der Waals surface area contributed by atoms with Gasteiger partial charge in [-0.1, -0.05) is 29.8 Å². The molecule has 33 heavy (non-hydrogen) atoms. The summed E-state index contributed by atoms with van der Waals surface area (Å²) in [6.07, 6.45) is 1.37. The maximum absolute atomic E-state index is 13.8. The van der Waals surface area contributed by atoms with E-state index in [4.69, 9.17) is 21.1 Å². The Morgan fingerprint density at radius 2 is 1.76 bits per heavy atom. The molecule has 170 valence electrons. The first-order valence-electron chi connectivity index (χ1n) is 10.00. The second-order valence-corrected chi connectivity index (χ2v) is 7.05. The van der Waals surface area contributed by atoms with Crippen LogP contribution in [0.2, 0.25) is 5.02 Å². The molecule has 3 aromatic carbocycles. The van der Waals surface area contributed by atoms with Crippen molar-refractivity contribution in [3.8, 4) is 11.5 Å². The van der Waals surface area contributed by atoms with Crippen molar-refractivity contribution in [3.63, 3.8) is 0 Å². The minimum atomic E-state index is -0.931. The number of hydrazone groups is 1. The van der Waals surface area contributed by atoms with Gasteiger partial charge < -0.3 is 14.8 Å². The zero-order valence-corrected chi connectivity index (χ0v) is 18.4. The number of nitrogens with zero attached hydrogens (tertiary/aromatic N) is 1. The van der Waals surface area contributed by atoms with Crippen molar-refractivity contribution in [1.82, 2.24) is 5.43 Å². The summed E-state index contributed by atoms with van der Waals surface area (Å²) in [5, 5.41) is 6.56. The number of anilines is 1. The minimum Gasteiger partial charge on any atom is -0.492 e. The third-order valence-corrected chi connectivity index (χ3v) is 4.70. The van der Waals surface area contributed by atoms with Gasteiger partial charge in [0.05, 0.1) is 23.5 Å². The van der Waals surface area contributed by atoms with Crippen LogP contribution in [0.4, 0.5) is 10.1 Å². The van der Waals surface area contributed by atoms with E-state index in [9.17, 15) is 14.0 Å². The van der Waals surface area contributed by atoms with Gasteiger partial charge in [-0.25, -0.2) is 9.82 Å². The molecule has 0 unspecified atom stereocenters. The van der Waals surface area contributed by atoms with E-state index < -0.39 is 17.6 Å². The Morgan fingerprint density at radius 3 is 2.48 bits per heavy atom. The quantitative estimate of drug-likeness (QED) is 0.288. The summed E-state index contributed by atoms with van der Waals surface area (Å²) in [7, 11) is 0. The van der Waals surface area contributed by atoms with Crippen LogP contribution < -0.4 is 20.2 Å². The molecule has 0 aliphatic heterocycles. The van der Waals surface area contributed by atoms with Crippen LogP contribution in [0.5, 0.6) is 11.5 Å². The van der Waals surface area contributed by atoms with Gasteiger partial charge >= 0.3 is 11.8 Å². The predicted molar refractivity (Wildman–Crippen MR) is 124 cm³/mol. The van der Waals surface area contributed by atoms with Crippen LogP contribution in [0.3, 0.4) is 0 Å². The van der Waals surface area contributed by atoms with Crippen molar-refractivity contribution in [2.75, 3.05) is 11.9 Å². The number of carbonyl (C=O) groups excluding carboxylic acids is 2. The number of halogens is 2. The molecule has 0 aliphatic rings. The number of rotatable bonds is 8. The zero-order valence-electron chi connectivity index (χ0n) is 17.7. The number of para-hydroxylation sites is 2. The van der Waals surface area contributed by atoms with Crippen LogP contribution >= 0.6 is 11.6 Å². The van der Waals surface area contributed by atoms with Gasteiger partial charge in [-0.3, -0.25) is 9.59 Å². The molecular formula is C24H21ClFN3O4. The lowest BCUT2D eigenvalue weighted by Crippen LogP contribution is -2.32. The number of ether oxygens (including phenoxy) is 2. The predicted octanol–water partition coefficient (Wildman–Crippen LogP) is 4.55. The van der Waals surface area contributed by atoms with Crippen LogP contribution in [-0.4, -0.2) is 24.6 Å². The summed E-state index contributed by atoms with van der Waals surface area (Å²) >= 11 is 5.99. The maximum atomic E-state index is 13.8. The Morgan fingerprint density at radius 1 is 1.00 bits per heavy atom. The van der Waals surface area contributed by atoms with Gasteiger partial charge in [-0.15, -0.1) is 0 Å². The van der Waals surface area contributed by atoms with Gasteiger partial charge in [0.2, 0.25) is 0 Å². The summed E-state index contributed by atoms with van der Waals surface area (Å²) in [4.78, 5) is 24.1. The molecule has 0 fully saturated rings. The van der Waals surface area contributed by atoms with Crippen LogP contribution in [-0.2, 0) is 16.2 Å². The lowest BCUT2D eigenvalue weighted by molar-refractivity contribution is -0.136. The minimum absolute atomic E-state index is 0.0173. The summed E-state index contributed by atoms with van der Waals surface area (Å²) in [6.45, 7) is 2.22. The number of benzene rings is 3. The molecule has 2 N–H and O–H groups in total. The average molecular weight is 470 g/mol. The van der Waals surface area contributed by atoms with E-state index >= 15 is 0 Å². The van der Waals surface area contributed by atoms with E-state index in [1.54, 1.807) is 54.6 Å². The van der Waals surface area contributed by atoms with Crippen LogP contribution in [0.25, 0.3) is 0 Å². The highest BCUT2D eigenvalue weighted by atomic mass is 35.5. The largest absolute Gasteiger partial charge is 0.492 e. The Kier molecular flexibility index (Phi) is 8.37. The fourth-order valence-electron chi connectivity index (χ4n) is 2.72. The van der Waals surface area contributed by atoms with Gasteiger partial charge in [-0.05, 0) is 61.0 Å². The van der Waals surface area contributed by atoms with Gasteiger partial charge in [0.1, 0.15) is 23.9 Å². The third kappa shape index (κ3) is 6.78. The molecule has 0 radical (unpaired) electrons. The summed E-state index contributed by atoms with van der Waals surface area (Å²) in [6, 6.07) is 17.9. The molecule has 0 saturated carbocycles. The average Bonchev–Trinajstić information content (AvgIpc) is 2.81. The highest BCUT2D eigenvalue weighted by Crippen LogP contribution is 2.23. The van der Waals surface area contributed by atoms with Crippen LogP contribution in [0, 0.1) is 5.82 Å². The Balaban J connectivity index is 1.51. The topological polar surface area (TPSA) is 89.0 Å². The molecule has 0 saturated heterocycles. The molecule has 0 spiro atoms. The van der Waals surface area contributed by atoms with Crippen molar-refractivity contribution in [2.24, 2.45) is 5.10 Å². The molecule has 0 bridgehead atoms. The standard InChI is InChI=1S/C24H21ClFN3O4/c1-2-32-22-9-4-3-8-21(22)28-23(30)24(31)29-27-14-16-10-12-17(13-11-16)33-15-18-19(25)6-5-7-20(18)26/h3-14H,2,15H2,1H3,(H,28,30)(H,29,31)/b27-14+. The number of carbonyl (C=O) groups is 2. The molecule has 9 heteroatoms. The van der Waals surface area contributed by atoms with Crippen molar-refractivity contribution in [1.29, 1.82) is 0 Å². The van der Waals surface area contributed by atoms with E-state index in [2.05, 4.69) is 15.8 Å². The summed E-state index contributed by atoms with van der Waals surface area (Å²) < 4.78 is 24.8. The van der Waals surface area contributed by atoms with E-state index in [1.807, 2.05) is 6.92 Å². The molecule has 0 aromatic heterocycles. The molecule has 0 heterocycles. The Labute approximate surface area is 195 Å². The molecule has 3 aromatic rings. The third-order valence-electron chi connectivity index (χ3n) is 4.35. The maximum Gasteiger partial charge on any atom is 0.329 e. The first-order chi connectivity index (χ1) is 16.0. The highest BCUT2D eigenvalue weighted by Gasteiger charge is 2.15. The van der Waals surface area contributed by atoms with Crippen molar-refractivity contribution >= 4 is 35.3 Å². The van der Waals surface area contributed by atoms with Gasteiger partial charge in [0.15, 0.2) is 0 Å². The van der Waals surface area contributed by atoms with Gasteiger partial charge in [-0.2, -0.15) is 5.10 Å². The smallest absolute Gasteiger partial charge is 0.329 e. The fourth-order valence-corrected chi connectivity index (χ4v) is 2.94. The van der Waals surface area contributed by atoms with Crippen molar-refractivity contribution < 1.29 is 23.5 Å². The van der Waals surface area contributed by atoms with E-state index in [0.29, 0.717) is 34.4 Å². The van der Waals surface area contributed by atoms with Gasteiger partial charge in [0, 0.05) is 5.56 Å². The lowest BCUT2D eigenvalue weighted by Gasteiger charge is -2.10. The van der Waals surface area contributed by atoms with E-state index in [-0.39, 0.29) is 12.2 Å². The molecule has 0 atom stereocenters. The molecule has 7 nitrogen and oxygen atoms in total. The fraction of sp³-hybridized carbons (Fsp3) is 0.125. The molecule has 0 aliphatic carbocycles. The monoisotopic (exact) mass is 469 g/mol. The first-order valence-corrected chi connectivity index (χ1v) is 10.4. The molecule has 2 amide bonds. The normalized spacial score (nSPS) is 10.6.